The lowest BCUT2D eigenvalue weighted by atomic mass is 9.92. The summed E-state index contributed by atoms with van der Waals surface area (Å²) in [7, 11) is 0. The zero-order valence-electron chi connectivity index (χ0n) is 16.6. The third kappa shape index (κ3) is 3.91. The molecule has 2 heterocycles. The van der Waals surface area contributed by atoms with Gasteiger partial charge in [-0.1, -0.05) is 60.7 Å². The number of hydrogen-bond acceptors (Lipinski definition) is 6. The predicted octanol–water partition coefficient (Wildman–Crippen LogP) is 3.07. The molecule has 0 aliphatic carbocycles. The van der Waals surface area contributed by atoms with Crippen LogP contribution in [0, 0.1) is 5.41 Å². The Morgan fingerprint density at radius 1 is 0.759 bits per heavy atom. The first-order valence-electron chi connectivity index (χ1n) is 9.85. The smallest absolute Gasteiger partial charge is 0.199 e. The second-order valence-electron chi connectivity index (χ2n) is 7.96. The number of aliphatic imine (C=N–C) groups is 2. The molecule has 0 amide bonds. The molecule has 2 aliphatic heterocycles. The van der Waals surface area contributed by atoms with Crippen molar-refractivity contribution in [3.05, 3.63) is 71.8 Å². The summed E-state index contributed by atoms with van der Waals surface area (Å²) in [6.07, 6.45) is -1.47. The zero-order valence-corrected chi connectivity index (χ0v) is 16.6. The van der Waals surface area contributed by atoms with E-state index in [9.17, 15) is 10.2 Å². The zero-order chi connectivity index (χ0) is 20.4. The van der Waals surface area contributed by atoms with Crippen molar-refractivity contribution in [2.45, 2.75) is 38.1 Å². The second-order valence-corrected chi connectivity index (χ2v) is 7.96. The SMILES string of the molecule is CC(C)(C1=N[C@@H]([C@@H](O)c2ccccc2)CO1)C1=N[C@@H]([C@@H](O)c2ccccc2)CO1. The van der Waals surface area contributed by atoms with Crippen LogP contribution in [0.1, 0.15) is 37.2 Å². The van der Waals surface area contributed by atoms with Gasteiger partial charge in [0, 0.05) is 0 Å². The Morgan fingerprint density at radius 2 is 1.14 bits per heavy atom. The molecule has 29 heavy (non-hydrogen) atoms. The van der Waals surface area contributed by atoms with E-state index in [0.29, 0.717) is 25.0 Å². The molecule has 0 saturated carbocycles. The van der Waals surface area contributed by atoms with E-state index < -0.39 is 17.6 Å². The summed E-state index contributed by atoms with van der Waals surface area (Å²) in [6, 6.07) is 18.1. The molecular weight excluding hydrogens is 368 g/mol. The molecule has 0 unspecified atom stereocenters. The lowest BCUT2D eigenvalue weighted by molar-refractivity contribution is 0.127. The topological polar surface area (TPSA) is 83.6 Å². The van der Waals surface area contributed by atoms with Crippen LogP contribution in [0.15, 0.2) is 70.6 Å². The number of ether oxygens (including phenoxy) is 2. The van der Waals surface area contributed by atoms with E-state index in [1.807, 2.05) is 74.5 Å². The highest BCUT2D eigenvalue weighted by Gasteiger charge is 2.43. The number of hydrogen-bond donors (Lipinski definition) is 2. The maximum atomic E-state index is 10.6. The van der Waals surface area contributed by atoms with E-state index in [4.69, 9.17) is 9.47 Å². The predicted molar refractivity (Wildman–Crippen MR) is 111 cm³/mol. The van der Waals surface area contributed by atoms with Crippen LogP contribution < -0.4 is 0 Å². The normalized spacial score (nSPS) is 23.6. The molecule has 0 spiro atoms. The van der Waals surface area contributed by atoms with Gasteiger partial charge in [0.2, 0.25) is 0 Å². The molecule has 0 fully saturated rings. The summed E-state index contributed by atoms with van der Waals surface area (Å²) in [4.78, 5) is 9.26. The second kappa shape index (κ2) is 7.97. The molecule has 2 N–H and O–H groups in total. The van der Waals surface area contributed by atoms with E-state index in [1.54, 1.807) is 0 Å². The van der Waals surface area contributed by atoms with Crippen LogP contribution in [-0.4, -0.2) is 47.3 Å². The highest BCUT2D eigenvalue weighted by molar-refractivity contribution is 6.05. The van der Waals surface area contributed by atoms with E-state index in [2.05, 4.69) is 9.98 Å². The standard InChI is InChI=1S/C23H26N2O4/c1-23(2,21-24-17(13-28-21)19(26)15-9-5-3-6-10-15)22-25-18(14-29-22)20(27)16-11-7-4-8-12-16/h3-12,17-20,26-27H,13-14H2,1-2H3/t17-,18-,19+,20+/m1/s1. The summed E-state index contributed by atoms with van der Waals surface area (Å²) < 4.78 is 11.7. The number of aliphatic hydroxyl groups is 2. The van der Waals surface area contributed by atoms with Crippen LogP contribution in [-0.2, 0) is 9.47 Å². The number of rotatable bonds is 6. The third-order valence-corrected chi connectivity index (χ3v) is 5.43. The van der Waals surface area contributed by atoms with Crippen molar-refractivity contribution in [2.75, 3.05) is 13.2 Å². The lowest BCUT2D eigenvalue weighted by Crippen LogP contribution is -2.34. The molecule has 4 atom stereocenters. The fraction of sp³-hybridized carbons (Fsp3) is 0.391. The first kappa shape index (κ1) is 19.6. The van der Waals surface area contributed by atoms with Crippen molar-refractivity contribution in [2.24, 2.45) is 15.4 Å². The molecule has 2 aromatic rings. The van der Waals surface area contributed by atoms with E-state index in [-0.39, 0.29) is 12.1 Å². The van der Waals surface area contributed by atoms with Crippen molar-refractivity contribution in [1.82, 2.24) is 0 Å². The summed E-state index contributed by atoms with van der Waals surface area (Å²) in [6.45, 7) is 4.47. The summed E-state index contributed by atoms with van der Waals surface area (Å²) in [5.41, 5.74) is 0.935. The summed E-state index contributed by atoms with van der Waals surface area (Å²) >= 11 is 0. The maximum Gasteiger partial charge on any atom is 0.199 e. The van der Waals surface area contributed by atoms with Crippen molar-refractivity contribution in [1.29, 1.82) is 0 Å². The largest absolute Gasteiger partial charge is 0.478 e. The highest BCUT2D eigenvalue weighted by Crippen LogP contribution is 2.33. The van der Waals surface area contributed by atoms with Crippen LogP contribution in [0.2, 0.25) is 0 Å². The number of benzene rings is 2. The first-order valence-corrected chi connectivity index (χ1v) is 9.85. The van der Waals surface area contributed by atoms with Crippen LogP contribution >= 0.6 is 0 Å². The van der Waals surface area contributed by atoms with E-state index in [0.717, 1.165) is 11.1 Å². The van der Waals surface area contributed by atoms with Gasteiger partial charge in [-0.05, 0) is 25.0 Å². The molecule has 0 bridgehead atoms. The van der Waals surface area contributed by atoms with E-state index >= 15 is 0 Å². The molecule has 0 radical (unpaired) electrons. The van der Waals surface area contributed by atoms with Gasteiger partial charge in [-0.2, -0.15) is 0 Å². The fourth-order valence-corrected chi connectivity index (χ4v) is 3.62. The Morgan fingerprint density at radius 3 is 1.52 bits per heavy atom. The molecule has 152 valence electrons. The Kier molecular flexibility index (Phi) is 5.39. The van der Waals surface area contributed by atoms with Gasteiger partial charge in [0.15, 0.2) is 11.8 Å². The average Bonchev–Trinajstić information content (AvgIpc) is 3.45. The first-order chi connectivity index (χ1) is 14.0. The lowest BCUT2D eigenvalue weighted by Gasteiger charge is -2.22. The molecule has 6 heteroatoms. The summed E-state index contributed by atoms with van der Waals surface area (Å²) in [5.74, 6) is 0.983. The van der Waals surface area contributed by atoms with Crippen molar-refractivity contribution >= 4 is 11.8 Å². The van der Waals surface area contributed by atoms with Crippen LogP contribution in [0.5, 0.6) is 0 Å². The van der Waals surface area contributed by atoms with Crippen LogP contribution in [0.3, 0.4) is 0 Å². The van der Waals surface area contributed by atoms with Gasteiger partial charge in [-0.15, -0.1) is 0 Å². The van der Waals surface area contributed by atoms with Crippen molar-refractivity contribution in [3.8, 4) is 0 Å². The van der Waals surface area contributed by atoms with E-state index in [1.165, 1.54) is 0 Å². The number of nitrogens with zero attached hydrogens (tertiary/aromatic N) is 2. The summed E-state index contributed by atoms with van der Waals surface area (Å²) in [5, 5.41) is 21.3. The van der Waals surface area contributed by atoms with Gasteiger partial charge in [0.05, 0.1) is 0 Å². The van der Waals surface area contributed by atoms with Crippen molar-refractivity contribution in [3.63, 3.8) is 0 Å². The van der Waals surface area contributed by atoms with Gasteiger partial charge < -0.3 is 19.7 Å². The van der Waals surface area contributed by atoms with Gasteiger partial charge in [0.25, 0.3) is 0 Å². The molecule has 0 saturated heterocycles. The molecule has 4 rings (SSSR count). The minimum absolute atomic E-state index is 0.304. The van der Waals surface area contributed by atoms with Gasteiger partial charge in [0.1, 0.15) is 42.9 Å². The Bertz CT molecular complexity index is 822. The maximum absolute atomic E-state index is 10.6. The Hall–Kier alpha value is -2.70. The molecule has 0 aromatic heterocycles. The van der Waals surface area contributed by atoms with Gasteiger partial charge in [-0.3, -0.25) is 0 Å². The average molecular weight is 394 g/mol. The monoisotopic (exact) mass is 394 g/mol. The van der Waals surface area contributed by atoms with Crippen LogP contribution in [0.4, 0.5) is 0 Å². The third-order valence-electron chi connectivity index (χ3n) is 5.43. The minimum Gasteiger partial charge on any atom is -0.478 e. The van der Waals surface area contributed by atoms with Gasteiger partial charge >= 0.3 is 0 Å². The molecule has 2 aromatic carbocycles. The highest BCUT2D eigenvalue weighted by atomic mass is 16.5. The Balaban J connectivity index is 1.50. The Labute approximate surface area is 170 Å². The fourth-order valence-electron chi connectivity index (χ4n) is 3.62. The van der Waals surface area contributed by atoms with Crippen LogP contribution in [0.25, 0.3) is 0 Å². The molecule has 6 nitrogen and oxygen atoms in total. The van der Waals surface area contributed by atoms with Gasteiger partial charge in [-0.25, -0.2) is 9.98 Å². The van der Waals surface area contributed by atoms with Crippen molar-refractivity contribution < 1.29 is 19.7 Å². The number of aliphatic hydroxyl groups excluding tert-OH is 2. The molecule has 2 aliphatic rings. The molecular formula is C23H26N2O4. The minimum atomic E-state index is -0.733. The quantitative estimate of drug-likeness (QED) is 0.789.